The molecule has 1 aromatic rings. The van der Waals surface area contributed by atoms with Gasteiger partial charge in [-0.15, -0.1) is 0 Å². The quantitative estimate of drug-likeness (QED) is 0.787. The predicted molar refractivity (Wildman–Crippen MR) is 88.3 cm³/mol. The zero-order chi connectivity index (χ0) is 16.0. The summed E-state index contributed by atoms with van der Waals surface area (Å²) < 4.78 is 32.1. The molecule has 21 heavy (non-hydrogen) atoms. The van der Waals surface area contributed by atoms with Gasteiger partial charge in [-0.2, -0.15) is 16.1 Å². The first-order valence-electron chi connectivity index (χ1n) is 6.76. The summed E-state index contributed by atoms with van der Waals surface area (Å²) in [5.41, 5.74) is 6.34. The molecule has 0 saturated heterocycles. The van der Waals surface area contributed by atoms with Crippen LogP contribution in [-0.4, -0.2) is 44.9 Å². The highest BCUT2D eigenvalue weighted by atomic mass is 32.2. The van der Waals surface area contributed by atoms with Gasteiger partial charge in [0.05, 0.1) is 12.0 Å². The van der Waals surface area contributed by atoms with Gasteiger partial charge in [-0.3, -0.25) is 0 Å². The van der Waals surface area contributed by atoms with Crippen LogP contribution in [0.1, 0.15) is 18.9 Å². The third-order valence-electron chi connectivity index (χ3n) is 3.49. The molecule has 0 radical (unpaired) electrons. The smallest absolute Gasteiger partial charge is 0.243 e. The molecule has 120 valence electrons. The van der Waals surface area contributed by atoms with Crippen molar-refractivity contribution in [3.8, 4) is 5.75 Å². The molecule has 0 bridgehead atoms. The summed E-state index contributed by atoms with van der Waals surface area (Å²) >= 11 is 1.64. The Labute approximate surface area is 131 Å². The van der Waals surface area contributed by atoms with E-state index >= 15 is 0 Å². The molecule has 0 saturated carbocycles. The Bertz CT molecular complexity index is 561. The van der Waals surface area contributed by atoms with Crippen LogP contribution in [0.15, 0.2) is 23.1 Å². The van der Waals surface area contributed by atoms with Crippen molar-refractivity contribution in [3.05, 3.63) is 23.8 Å². The molecule has 7 heteroatoms. The largest absolute Gasteiger partial charge is 0.496 e. The number of hydrogen-bond acceptors (Lipinski definition) is 5. The molecule has 0 fully saturated rings. The van der Waals surface area contributed by atoms with Gasteiger partial charge in [0.2, 0.25) is 10.0 Å². The van der Waals surface area contributed by atoms with Gasteiger partial charge in [0.15, 0.2) is 0 Å². The molecular formula is C14H24N2O3S2. The van der Waals surface area contributed by atoms with Crippen LogP contribution in [0.25, 0.3) is 0 Å². The molecule has 1 atom stereocenters. The Balaban J connectivity index is 3.18. The first-order valence-corrected chi connectivity index (χ1v) is 9.59. The molecule has 1 unspecified atom stereocenters. The molecule has 0 aromatic heterocycles. The van der Waals surface area contributed by atoms with Gasteiger partial charge in [0, 0.05) is 31.0 Å². The molecule has 0 heterocycles. The molecular weight excluding hydrogens is 308 g/mol. The van der Waals surface area contributed by atoms with E-state index in [2.05, 4.69) is 0 Å². The van der Waals surface area contributed by atoms with Crippen LogP contribution in [0.3, 0.4) is 0 Å². The highest BCUT2D eigenvalue weighted by Crippen LogP contribution is 2.25. The average Bonchev–Trinajstić information content (AvgIpc) is 2.50. The summed E-state index contributed by atoms with van der Waals surface area (Å²) in [5, 5.41) is 0. The Morgan fingerprint density at radius 1 is 1.43 bits per heavy atom. The van der Waals surface area contributed by atoms with Crippen LogP contribution < -0.4 is 10.5 Å². The van der Waals surface area contributed by atoms with Crippen molar-refractivity contribution in [3.63, 3.8) is 0 Å². The fraction of sp³-hybridized carbons (Fsp3) is 0.571. The monoisotopic (exact) mass is 332 g/mol. The Morgan fingerprint density at radius 2 is 2.10 bits per heavy atom. The number of methoxy groups -OCH3 is 1. The van der Waals surface area contributed by atoms with Crippen LogP contribution in [0.2, 0.25) is 0 Å². The second kappa shape index (κ2) is 8.03. The second-order valence-electron chi connectivity index (χ2n) is 4.72. The topological polar surface area (TPSA) is 72.6 Å². The number of hydrogen-bond donors (Lipinski definition) is 1. The number of thioether (sulfide) groups is 1. The molecule has 2 N–H and O–H groups in total. The molecule has 0 spiro atoms. The SMILES string of the molecule is CCC(CSC)N(C)S(=O)(=O)c1ccc(OC)c(CN)c1. The number of rotatable bonds is 8. The van der Waals surface area contributed by atoms with Crippen LogP contribution >= 0.6 is 11.8 Å². The van der Waals surface area contributed by atoms with Crippen molar-refractivity contribution in [1.29, 1.82) is 0 Å². The van der Waals surface area contributed by atoms with Crippen molar-refractivity contribution >= 4 is 21.8 Å². The van der Waals surface area contributed by atoms with E-state index in [1.165, 1.54) is 4.31 Å². The van der Waals surface area contributed by atoms with Crippen LogP contribution in [0, 0.1) is 0 Å². The summed E-state index contributed by atoms with van der Waals surface area (Å²) in [5.74, 6) is 1.38. The molecule has 1 rings (SSSR count). The van der Waals surface area contributed by atoms with Gasteiger partial charge in [-0.1, -0.05) is 6.92 Å². The van der Waals surface area contributed by atoms with Crippen LogP contribution in [0.4, 0.5) is 0 Å². The van der Waals surface area contributed by atoms with E-state index in [9.17, 15) is 8.42 Å². The molecule has 0 amide bonds. The van der Waals surface area contributed by atoms with Crippen molar-refractivity contribution in [1.82, 2.24) is 4.31 Å². The van der Waals surface area contributed by atoms with E-state index in [1.54, 1.807) is 44.1 Å². The van der Waals surface area contributed by atoms with E-state index in [-0.39, 0.29) is 17.5 Å². The molecule has 0 aliphatic carbocycles. The van der Waals surface area contributed by atoms with Crippen molar-refractivity contribution in [2.75, 3.05) is 26.2 Å². The summed E-state index contributed by atoms with van der Waals surface area (Å²) in [4.78, 5) is 0.255. The molecule has 0 aliphatic rings. The Hall–Kier alpha value is -0.760. The lowest BCUT2D eigenvalue weighted by Crippen LogP contribution is -2.38. The lowest BCUT2D eigenvalue weighted by atomic mass is 10.2. The van der Waals surface area contributed by atoms with Gasteiger partial charge >= 0.3 is 0 Å². The lowest BCUT2D eigenvalue weighted by molar-refractivity contribution is 0.385. The van der Waals surface area contributed by atoms with Crippen molar-refractivity contribution in [2.24, 2.45) is 5.73 Å². The minimum absolute atomic E-state index is 0.0200. The first kappa shape index (κ1) is 18.3. The van der Waals surface area contributed by atoms with E-state index in [0.29, 0.717) is 11.3 Å². The molecule has 0 aliphatic heterocycles. The standard InChI is InChI=1S/C14H24N2O3S2/c1-5-12(10-20-4)16(2)21(17,18)13-6-7-14(19-3)11(8-13)9-15/h6-8,12H,5,9-10,15H2,1-4H3. The zero-order valence-electron chi connectivity index (χ0n) is 13.0. The van der Waals surface area contributed by atoms with Crippen molar-refractivity contribution < 1.29 is 13.2 Å². The maximum Gasteiger partial charge on any atom is 0.243 e. The van der Waals surface area contributed by atoms with Crippen LogP contribution in [-0.2, 0) is 16.6 Å². The van der Waals surface area contributed by atoms with E-state index in [1.807, 2.05) is 13.2 Å². The number of sulfonamides is 1. The fourth-order valence-corrected chi connectivity index (χ4v) is 4.53. The van der Waals surface area contributed by atoms with Gasteiger partial charge in [-0.05, 0) is 30.9 Å². The average molecular weight is 332 g/mol. The highest BCUT2D eigenvalue weighted by molar-refractivity contribution is 7.98. The number of nitrogens with zero attached hydrogens (tertiary/aromatic N) is 1. The summed E-state index contributed by atoms with van der Waals surface area (Å²) in [6, 6.07) is 4.79. The predicted octanol–water partition coefficient (Wildman–Crippen LogP) is 1.92. The molecule has 1 aromatic carbocycles. The van der Waals surface area contributed by atoms with Crippen LogP contribution in [0.5, 0.6) is 5.75 Å². The van der Waals surface area contributed by atoms with Gasteiger partial charge in [0.25, 0.3) is 0 Å². The Kier molecular flexibility index (Phi) is 6.99. The third kappa shape index (κ3) is 4.12. The summed E-state index contributed by atoms with van der Waals surface area (Å²) in [6.07, 6.45) is 2.75. The molecule has 5 nitrogen and oxygen atoms in total. The van der Waals surface area contributed by atoms with E-state index < -0.39 is 10.0 Å². The minimum atomic E-state index is -3.52. The Morgan fingerprint density at radius 3 is 2.57 bits per heavy atom. The number of ether oxygens (including phenoxy) is 1. The maximum absolute atomic E-state index is 12.7. The number of benzene rings is 1. The number of nitrogens with two attached hydrogens (primary N) is 1. The van der Waals surface area contributed by atoms with E-state index in [4.69, 9.17) is 10.5 Å². The van der Waals surface area contributed by atoms with Gasteiger partial charge in [0.1, 0.15) is 5.75 Å². The summed E-state index contributed by atoms with van der Waals surface area (Å²) in [7, 11) is -0.348. The lowest BCUT2D eigenvalue weighted by Gasteiger charge is -2.26. The maximum atomic E-state index is 12.7. The normalized spacial score (nSPS) is 13.4. The zero-order valence-corrected chi connectivity index (χ0v) is 14.6. The van der Waals surface area contributed by atoms with Crippen molar-refractivity contribution in [2.45, 2.75) is 30.8 Å². The fourth-order valence-electron chi connectivity index (χ4n) is 2.11. The minimum Gasteiger partial charge on any atom is -0.496 e. The van der Waals surface area contributed by atoms with Gasteiger partial charge < -0.3 is 10.5 Å². The second-order valence-corrected chi connectivity index (χ2v) is 7.62. The highest BCUT2D eigenvalue weighted by Gasteiger charge is 2.27. The van der Waals surface area contributed by atoms with E-state index in [0.717, 1.165) is 12.2 Å². The third-order valence-corrected chi connectivity index (χ3v) is 6.12. The van der Waals surface area contributed by atoms with Gasteiger partial charge in [-0.25, -0.2) is 8.42 Å². The summed E-state index contributed by atoms with van der Waals surface area (Å²) in [6.45, 7) is 2.23. The first-order chi connectivity index (χ1) is 9.92.